The number of benzene rings is 3. The normalized spacial score (nSPS) is 15.7. The number of fused-ring (bicyclic) bond motifs is 1. The number of nitrogens with zero attached hydrogens (tertiary/aromatic N) is 1. The second kappa shape index (κ2) is 8.24. The first-order valence-electron chi connectivity index (χ1n) is 9.67. The predicted molar refractivity (Wildman–Crippen MR) is 121 cm³/mol. The molecule has 8 heteroatoms. The zero-order valence-corrected chi connectivity index (χ0v) is 18.6. The van der Waals surface area contributed by atoms with Crippen molar-refractivity contribution < 1.29 is 17.9 Å². The summed E-state index contributed by atoms with van der Waals surface area (Å²) in [6.45, 7) is 3.70. The van der Waals surface area contributed by atoms with Gasteiger partial charge in [0.15, 0.2) is 6.10 Å². The van der Waals surface area contributed by atoms with Crippen molar-refractivity contribution in [3.8, 4) is 5.75 Å². The highest BCUT2D eigenvalue weighted by Gasteiger charge is 2.37. The van der Waals surface area contributed by atoms with Crippen LogP contribution in [0.25, 0.3) is 0 Å². The molecule has 0 spiro atoms. The lowest BCUT2D eigenvalue weighted by molar-refractivity contribution is -0.122. The van der Waals surface area contributed by atoms with Crippen LogP contribution in [-0.4, -0.2) is 27.0 Å². The van der Waals surface area contributed by atoms with Gasteiger partial charge in [-0.1, -0.05) is 35.9 Å². The third-order valence-corrected chi connectivity index (χ3v) is 6.93. The maximum Gasteiger partial charge on any atom is 0.267 e. The van der Waals surface area contributed by atoms with Crippen LogP contribution in [0.1, 0.15) is 11.1 Å². The van der Waals surface area contributed by atoms with Crippen LogP contribution in [0.3, 0.4) is 0 Å². The number of sulfonamides is 1. The minimum absolute atomic E-state index is 0.122. The summed E-state index contributed by atoms with van der Waals surface area (Å²) in [6, 6.07) is 18.4. The summed E-state index contributed by atoms with van der Waals surface area (Å²) in [5, 5.41) is 3.20. The Kier molecular flexibility index (Phi) is 5.64. The minimum atomic E-state index is -3.93. The quantitative estimate of drug-likeness (QED) is 0.624. The fourth-order valence-corrected chi connectivity index (χ4v) is 5.23. The number of aryl methyl sites for hydroxylation is 2. The fourth-order valence-electron chi connectivity index (χ4n) is 3.58. The van der Waals surface area contributed by atoms with Crippen LogP contribution in [0.4, 0.5) is 11.4 Å². The van der Waals surface area contributed by atoms with Crippen LogP contribution >= 0.6 is 11.6 Å². The van der Waals surface area contributed by atoms with E-state index in [0.717, 1.165) is 11.1 Å². The first-order chi connectivity index (χ1) is 14.7. The van der Waals surface area contributed by atoms with Crippen molar-refractivity contribution in [3.63, 3.8) is 0 Å². The first-order valence-corrected chi connectivity index (χ1v) is 11.5. The molecule has 6 nitrogen and oxygen atoms in total. The Labute approximate surface area is 186 Å². The second-order valence-electron chi connectivity index (χ2n) is 7.43. The Morgan fingerprint density at radius 2 is 1.71 bits per heavy atom. The molecule has 1 heterocycles. The molecule has 1 aliphatic rings. The molecular formula is C23H21ClN2O4S. The molecule has 0 fully saturated rings. The van der Waals surface area contributed by atoms with Crippen LogP contribution in [0.15, 0.2) is 71.6 Å². The molecule has 1 amide bonds. The molecule has 160 valence electrons. The summed E-state index contributed by atoms with van der Waals surface area (Å²) in [5.41, 5.74) is 2.94. The summed E-state index contributed by atoms with van der Waals surface area (Å²) < 4.78 is 33.8. The lowest BCUT2D eigenvalue weighted by atomic mass is 10.1. The van der Waals surface area contributed by atoms with Crippen molar-refractivity contribution >= 4 is 38.9 Å². The summed E-state index contributed by atoms with van der Waals surface area (Å²) in [5.74, 6) is -0.158. The van der Waals surface area contributed by atoms with Gasteiger partial charge in [0, 0.05) is 10.7 Å². The third-order valence-electron chi connectivity index (χ3n) is 4.90. The van der Waals surface area contributed by atoms with Gasteiger partial charge in [-0.3, -0.25) is 9.10 Å². The summed E-state index contributed by atoms with van der Waals surface area (Å²) in [7, 11) is -3.93. The number of carbonyl (C=O) groups excluding carboxylic acids is 1. The number of halogens is 1. The zero-order valence-electron chi connectivity index (χ0n) is 17.0. The van der Waals surface area contributed by atoms with E-state index in [-0.39, 0.29) is 17.2 Å². The standard InChI is InChI=1S/C23H21ClN2O4S/c1-15-10-16(2)12-18(11-15)25-23(27)22-14-26(20-13-17(24)8-9-21(20)30-22)31(28,29)19-6-4-3-5-7-19/h3-13,22H,14H2,1-2H3,(H,25,27). The number of anilines is 2. The van der Waals surface area contributed by atoms with Gasteiger partial charge in [-0.25, -0.2) is 8.42 Å². The molecule has 0 radical (unpaired) electrons. The van der Waals surface area contributed by atoms with Crippen LogP contribution < -0.4 is 14.4 Å². The molecule has 1 unspecified atom stereocenters. The lowest BCUT2D eigenvalue weighted by Crippen LogP contribution is -2.48. The Morgan fingerprint density at radius 1 is 1.03 bits per heavy atom. The molecule has 31 heavy (non-hydrogen) atoms. The number of hydrogen-bond donors (Lipinski definition) is 1. The SMILES string of the molecule is Cc1cc(C)cc(NC(=O)C2CN(S(=O)(=O)c3ccccc3)c3cc(Cl)ccc3O2)c1. The number of nitrogens with one attached hydrogen (secondary N) is 1. The number of amides is 1. The van der Waals surface area contributed by atoms with Crippen LogP contribution in [-0.2, 0) is 14.8 Å². The van der Waals surface area contributed by atoms with E-state index in [9.17, 15) is 13.2 Å². The minimum Gasteiger partial charge on any atom is -0.476 e. The van der Waals surface area contributed by atoms with Gasteiger partial charge < -0.3 is 10.1 Å². The molecule has 0 saturated heterocycles. The number of carbonyl (C=O) groups is 1. The average Bonchev–Trinajstić information content (AvgIpc) is 2.72. The topological polar surface area (TPSA) is 75.7 Å². The van der Waals surface area contributed by atoms with Gasteiger partial charge in [0.25, 0.3) is 15.9 Å². The Hall–Kier alpha value is -3.03. The van der Waals surface area contributed by atoms with Crippen molar-refractivity contribution in [3.05, 3.63) is 82.9 Å². The van der Waals surface area contributed by atoms with Crippen molar-refractivity contribution in [1.82, 2.24) is 0 Å². The average molecular weight is 457 g/mol. The van der Waals surface area contributed by atoms with Gasteiger partial charge in [0.1, 0.15) is 5.75 Å². The molecule has 1 N–H and O–H groups in total. The van der Waals surface area contributed by atoms with E-state index in [0.29, 0.717) is 16.4 Å². The lowest BCUT2D eigenvalue weighted by Gasteiger charge is -2.34. The van der Waals surface area contributed by atoms with Gasteiger partial charge in [0.2, 0.25) is 0 Å². The first kappa shape index (κ1) is 21.2. The summed E-state index contributed by atoms with van der Waals surface area (Å²) in [6.07, 6.45) is -1.03. The van der Waals surface area contributed by atoms with Gasteiger partial charge in [-0.15, -0.1) is 0 Å². The van der Waals surface area contributed by atoms with Gasteiger partial charge >= 0.3 is 0 Å². The highest BCUT2D eigenvalue weighted by molar-refractivity contribution is 7.92. The third kappa shape index (κ3) is 4.38. The monoisotopic (exact) mass is 456 g/mol. The summed E-state index contributed by atoms with van der Waals surface area (Å²) in [4.78, 5) is 13.1. The Morgan fingerprint density at radius 3 is 2.39 bits per heavy atom. The van der Waals surface area contributed by atoms with E-state index in [1.54, 1.807) is 30.3 Å². The fraction of sp³-hybridized carbons (Fsp3) is 0.174. The number of rotatable bonds is 4. The zero-order chi connectivity index (χ0) is 22.2. The van der Waals surface area contributed by atoms with Crippen LogP contribution in [0.2, 0.25) is 5.02 Å². The van der Waals surface area contributed by atoms with E-state index in [2.05, 4.69) is 5.32 Å². The maximum atomic E-state index is 13.4. The van der Waals surface area contributed by atoms with Crippen molar-refractivity contribution in [2.45, 2.75) is 24.8 Å². The van der Waals surface area contributed by atoms with E-state index in [4.69, 9.17) is 16.3 Å². The maximum absolute atomic E-state index is 13.4. The van der Waals surface area contributed by atoms with Gasteiger partial charge in [-0.05, 0) is 67.4 Å². The smallest absolute Gasteiger partial charge is 0.267 e. The molecule has 1 aliphatic heterocycles. The largest absolute Gasteiger partial charge is 0.476 e. The molecule has 0 aliphatic carbocycles. The Bertz CT molecular complexity index is 1230. The van der Waals surface area contributed by atoms with Crippen LogP contribution in [0.5, 0.6) is 5.75 Å². The summed E-state index contributed by atoms with van der Waals surface area (Å²) >= 11 is 6.12. The molecule has 4 rings (SSSR count). The van der Waals surface area contributed by atoms with Crippen molar-refractivity contribution in [2.75, 3.05) is 16.2 Å². The van der Waals surface area contributed by atoms with Crippen molar-refractivity contribution in [2.24, 2.45) is 0 Å². The van der Waals surface area contributed by atoms with Crippen LogP contribution in [0, 0.1) is 13.8 Å². The van der Waals surface area contributed by atoms with E-state index in [1.165, 1.54) is 22.5 Å². The molecule has 0 saturated carbocycles. The van der Waals surface area contributed by atoms with E-state index < -0.39 is 22.0 Å². The van der Waals surface area contributed by atoms with Gasteiger partial charge in [-0.2, -0.15) is 0 Å². The highest BCUT2D eigenvalue weighted by Crippen LogP contribution is 2.39. The predicted octanol–water partition coefficient (Wildman–Crippen LogP) is 4.55. The number of ether oxygens (including phenoxy) is 1. The van der Waals surface area contributed by atoms with Gasteiger partial charge in [0.05, 0.1) is 17.1 Å². The molecule has 1 atom stereocenters. The Balaban J connectivity index is 1.69. The molecule has 0 aromatic heterocycles. The van der Waals surface area contributed by atoms with Crippen molar-refractivity contribution in [1.29, 1.82) is 0 Å². The molecular weight excluding hydrogens is 436 g/mol. The van der Waals surface area contributed by atoms with E-state index >= 15 is 0 Å². The second-order valence-corrected chi connectivity index (χ2v) is 9.73. The number of hydrogen-bond acceptors (Lipinski definition) is 4. The molecule has 0 bridgehead atoms. The molecule has 3 aromatic carbocycles. The molecule has 3 aromatic rings. The van der Waals surface area contributed by atoms with E-state index in [1.807, 2.05) is 32.0 Å². The highest BCUT2D eigenvalue weighted by atomic mass is 35.5.